The summed E-state index contributed by atoms with van der Waals surface area (Å²) in [7, 11) is 0. The first-order valence-corrected chi connectivity index (χ1v) is 6.93. The van der Waals surface area contributed by atoms with E-state index in [-0.39, 0.29) is 13.0 Å². The highest BCUT2D eigenvalue weighted by atomic mass is 16.5. The molecule has 0 aromatic heterocycles. The zero-order valence-corrected chi connectivity index (χ0v) is 12.2. The fourth-order valence-corrected chi connectivity index (χ4v) is 2.24. The molecule has 6 heteroatoms. The SMILES string of the molecule is CC(C)c1cccc(NC(=O)NC2(C(=O)O)CCOC2)c1. The quantitative estimate of drug-likeness (QED) is 0.793. The van der Waals surface area contributed by atoms with Crippen LogP contribution in [0.5, 0.6) is 0 Å². The molecule has 1 heterocycles. The second kappa shape index (κ2) is 6.13. The number of carboxylic acid groups (broad SMARTS) is 1. The molecule has 1 fully saturated rings. The lowest BCUT2D eigenvalue weighted by atomic mass is 9.99. The topological polar surface area (TPSA) is 87.7 Å². The summed E-state index contributed by atoms with van der Waals surface area (Å²) in [6.07, 6.45) is 0.266. The zero-order valence-electron chi connectivity index (χ0n) is 12.2. The van der Waals surface area contributed by atoms with Crippen LogP contribution in [0.15, 0.2) is 24.3 Å². The van der Waals surface area contributed by atoms with Crippen LogP contribution in [0.3, 0.4) is 0 Å². The van der Waals surface area contributed by atoms with E-state index >= 15 is 0 Å². The molecule has 0 saturated carbocycles. The molecular weight excluding hydrogens is 272 g/mol. The molecule has 0 radical (unpaired) electrons. The van der Waals surface area contributed by atoms with E-state index in [0.717, 1.165) is 5.56 Å². The van der Waals surface area contributed by atoms with Crippen LogP contribution in [0.2, 0.25) is 0 Å². The number of ether oxygens (including phenoxy) is 1. The van der Waals surface area contributed by atoms with Crippen molar-refractivity contribution in [2.75, 3.05) is 18.5 Å². The number of carboxylic acids is 1. The van der Waals surface area contributed by atoms with Crippen LogP contribution >= 0.6 is 0 Å². The summed E-state index contributed by atoms with van der Waals surface area (Å²) in [4.78, 5) is 23.4. The Balaban J connectivity index is 2.04. The summed E-state index contributed by atoms with van der Waals surface area (Å²) >= 11 is 0. The van der Waals surface area contributed by atoms with Crippen LogP contribution in [0.1, 0.15) is 31.7 Å². The maximum Gasteiger partial charge on any atom is 0.332 e. The smallest absolute Gasteiger partial charge is 0.332 e. The van der Waals surface area contributed by atoms with Gasteiger partial charge in [-0.3, -0.25) is 0 Å². The van der Waals surface area contributed by atoms with E-state index in [9.17, 15) is 14.7 Å². The van der Waals surface area contributed by atoms with Crippen LogP contribution in [0, 0.1) is 0 Å². The Morgan fingerprint density at radius 1 is 1.38 bits per heavy atom. The number of anilines is 1. The van der Waals surface area contributed by atoms with Gasteiger partial charge in [0.25, 0.3) is 0 Å². The normalized spacial score (nSPS) is 21.3. The van der Waals surface area contributed by atoms with Gasteiger partial charge in [0.15, 0.2) is 5.54 Å². The molecular formula is C15H20N2O4. The van der Waals surface area contributed by atoms with E-state index < -0.39 is 17.5 Å². The summed E-state index contributed by atoms with van der Waals surface area (Å²) in [6, 6.07) is 6.95. The molecule has 0 spiro atoms. The third kappa shape index (κ3) is 3.52. The van der Waals surface area contributed by atoms with E-state index in [1.165, 1.54) is 0 Å². The summed E-state index contributed by atoms with van der Waals surface area (Å²) in [5.74, 6) is -0.727. The van der Waals surface area contributed by atoms with Crippen molar-refractivity contribution in [3.63, 3.8) is 0 Å². The number of carbonyl (C=O) groups excluding carboxylic acids is 1. The van der Waals surface area contributed by atoms with E-state index in [0.29, 0.717) is 18.2 Å². The number of nitrogens with one attached hydrogen (secondary N) is 2. The number of urea groups is 1. The number of benzene rings is 1. The Labute approximate surface area is 123 Å². The van der Waals surface area contributed by atoms with Crippen LogP contribution in [0.25, 0.3) is 0 Å². The lowest BCUT2D eigenvalue weighted by Gasteiger charge is -2.23. The van der Waals surface area contributed by atoms with Gasteiger partial charge in [-0.05, 0) is 23.6 Å². The number of rotatable bonds is 4. The number of amides is 2. The van der Waals surface area contributed by atoms with Gasteiger partial charge in [0.1, 0.15) is 0 Å². The number of carbonyl (C=O) groups is 2. The maximum absolute atomic E-state index is 12.0. The minimum atomic E-state index is -1.33. The number of aliphatic carboxylic acids is 1. The molecule has 114 valence electrons. The average molecular weight is 292 g/mol. The van der Waals surface area contributed by atoms with Crippen LogP contribution < -0.4 is 10.6 Å². The molecule has 2 amide bonds. The van der Waals surface area contributed by atoms with Gasteiger partial charge in [-0.1, -0.05) is 26.0 Å². The number of hydrogen-bond donors (Lipinski definition) is 3. The van der Waals surface area contributed by atoms with Gasteiger partial charge >= 0.3 is 12.0 Å². The number of hydrogen-bond acceptors (Lipinski definition) is 3. The van der Waals surface area contributed by atoms with Gasteiger partial charge in [-0.25, -0.2) is 9.59 Å². The molecule has 1 aromatic rings. The monoisotopic (exact) mass is 292 g/mol. The molecule has 3 N–H and O–H groups in total. The molecule has 1 aliphatic heterocycles. The predicted molar refractivity (Wildman–Crippen MR) is 78.5 cm³/mol. The highest BCUT2D eigenvalue weighted by Gasteiger charge is 2.44. The van der Waals surface area contributed by atoms with Crippen molar-refractivity contribution in [3.8, 4) is 0 Å². The standard InChI is InChI=1S/C15H20N2O4/c1-10(2)11-4-3-5-12(8-11)16-14(20)17-15(13(18)19)6-7-21-9-15/h3-5,8,10H,6-7,9H2,1-2H3,(H,18,19)(H2,16,17,20). The van der Waals surface area contributed by atoms with Crippen molar-refractivity contribution in [1.29, 1.82) is 0 Å². The molecule has 0 bridgehead atoms. The third-order valence-corrected chi connectivity index (χ3v) is 3.59. The molecule has 0 aliphatic carbocycles. The largest absolute Gasteiger partial charge is 0.479 e. The average Bonchev–Trinajstić information content (AvgIpc) is 2.88. The van der Waals surface area contributed by atoms with Crippen LogP contribution in [-0.4, -0.2) is 35.9 Å². The third-order valence-electron chi connectivity index (χ3n) is 3.59. The fourth-order valence-electron chi connectivity index (χ4n) is 2.24. The minimum absolute atomic E-state index is 0.0121. The summed E-state index contributed by atoms with van der Waals surface area (Å²) in [5, 5.41) is 14.5. The Hall–Kier alpha value is -2.08. The van der Waals surface area contributed by atoms with Gasteiger partial charge in [-0.15, -0.1) is 0 Å². The first kappa shape index (κ1) is 15.3. The van der Waals surface area contributed by atoms with Gasteiger partial charge < -0.3 is 20.5 Å². The van der Waals surface area contributed by atoms with E-state index in [1.807, 2.05) is 18.2 Å². The molecule has 21 heavy (non-hydrogen) atoms. The molecule has 1 atom stereocenters. The first-order valence-electron chi connectivity index (χ1n) is 6.93. The Kier molecular flexibility index (Phi) is 4.47. The second-order valence-corrected chi connectivity index (χ2v) is 5.55. The molecule has 1 aromatic carbocycles. The highest BCUT2D eigenvalue weighted by molar-refractivity contribution is 5.94. The van der Waals surface area contributed by atoms with Gasteiger partial charge in [0.2, 0.25) is 0 Å². The van der Waals surface area contributed by atoms with Gasteiger partial charge in [0.05, 0.1) is 6.61 Å². The fraction of sp³-hybridized carbons (Fsp3) is 0.467. The minimum Gasteiger partial charge on any atom is -0.479 e. The second-order valence-electron chi connectivity index (χ2n) is 5.55. The van der Waals surface area contributed by atoms with Crippen LogP contribution in [-0.2, 0) is 9.53 Å². The summed E-state index contributed by atoms with van der Waals surface area (Å²) in [5.41, 5.74) is 0.405. The van der Waals surface area contributed by atoms with Gasteiger partial charge in [-0.2, -0.15) is 0 Å². The zero-order chi connectivity index (χ0) is 15.5. The summed E-state index contributed by atoms with van der Waals surface area (Å²) < 4.78 is 5.10. The van der Waals surface area contributed by atoms with Crippen molar-refractivity contribution in [2.24, 2.45) is 0 Å². The van der Waals surface area contributed by atoms with Crippen molar-refractivity contribution in [2.45, 2.75) is 31.7 Å². The van der Waals surface area contributed by atoms with Gasteiger partial charge in [0, 0.05) is 18.7 Å². The highest BCUT2D eigenvalue weighted by Crippen LogP contribution is 2.21. The Morgan fingerprint density at radius 2 is 2.14 bits per heavy atom. The lowest BCUT2D eigenvalue weighted by Crippen LogP contribution is -2.56. The molecule has 1 aliphatic rings. The summed E-state index contributed by atoms with van der Waals surface area (Å²) in [6.45, 7) is 4.44. The van der Waals surface area contributed by atoms with Crippen molar-refractivity contribution in [3.05, 3.63) is 29.8 Å². The van der Waals surface area contributed by atoms with Crippen molar-refractivity contribution < 1.29 is 19.4 Å². The molecule has 6 nitrogen and oxygen atoms in total. The predicted octanol–water partition coefficient (Wildman–Crippen LogP) is 2.18. The van der Waals surface area contributed by atoms with E-state index in [2.05, 4.69) is 24.5 Å². The Bertz CT molecular complexity index is 536. The molecule has 2 rings (SSSR count). The molecule has 1 saturated heterocycles. The van der Waals surface area contributed by atoms with Crippen LogP contribution in [0.4, 0.5) is 10.5 Å². The molecule has 1 unspecified atom stereocenters. The lowest BCUT2D eigenvalue weighted by molar-refractivity contribution is -0.144. The maximum atomic E-state index is 12.0. The van der Waals surface area contributed by atoms with Crippen molar-refractivity contribution in [1.82, 2.24) is 5.32 Å². The van der Waals surface area contributed by atoms with Crippen molar-refractivity contribution >= 4 is 17.7 Å². The first-order chi connectivity index (χ1) is 9.93. The van der Waals surface area contributed by atoms with E-state index in [4.69, 9.17) is 4.74 Å². The van der Waals surface area contributed by atoms with E-state index in [1.54, 1.807) is 6.07 Å². The Morgan fingerprint density at radius 3 is 2.71 bits per heavy atom.